The summed E-state index contributed by atoms with van der Waals surface area (Å²) in [4.78, 5) is 10.9. The van der Waals surface area contributed by atoms with Crippen LogP contribution in [0.3, 0.4) is 0 Å². The molecular formula is C13H22O2. The summed E-state index contributed by atoms with van der Waals surface area (Å²) in [5, 5.41) is 10.4. The van der Waals surface area contributed by atoms with E-state index >= 15 is 0 Å². The molecule has 0 fully saturated rings. The smallest absolute Gasteiger partial charge is 0.129 e. The number of hydrogen-bond acceptors (Lipinski definition) is 2. The number of aldehydes is 1. The molecule has 0 bridgehead atoms. The average molecular weight is 210 g/mol. The quantitative estimate of drug-likeness (QED) is 0.559. The lowest BCUT2D eigenvalue weighted by Crippen LogP contribution is -2.39. The van der Waals surface area contributed by atoms with Crippen molar-refractivity contribution in [3.05, 3.63) is 12.2 Å². The molecule has 86 valence electrons. The van der Waals surface area contributed by atoms with E-state index in [9.17, 15) is 9.90 Å². The van der Waals surface area contributed by atoms with E-state index in [0.29, 0.717) is 5.92 Å². The summed E-state index contributed by atoms with van der Waals surface area (Å²) in [5.74, 6) is 0.376. The molecule has 15 heavy (non-hydrogen) atoms. The Balaban J connectivity index is 2.48. The van der Waals surface area contributed by atoms with Gasteiger partial charge in [-0.05, 0) is 25.2 Å². The maximum atomic E-state index is 10.9. The fraction of sp³-hybridized carbons (Fsp3) is 0.769. The highest BCUT2D eigenvalue weighted by Crippen LogP contribution is 2.33. The Kier molecular flexibility index (Phi) is 4.52. The van der Waals surface area contributed by atoms with Crippen LogP contribution in [0.25, 0.3) is 0 Å². The van der Waals surface area contributed by atoms with Crippen molar-refractivity contribution in [1.82, 2.24) is 0 Å². The standard InChI is InChI=1S/C13H22O2/c1-11(2)6-5-9-13(15)8-4-3-7-12(13)10-14/h3,7,10-12,15H,4-6,8-9H2,1-2H3. The van der Waals surface area contributed by atoms with Gasteiger partial charge in [0, 0.05) is 0 Å². The summed E-state index contributed by atoms with van der Waals surface area (Å²) in [5.41, 5.74) is -0.772. The monoisotopic (exact) mass is 210 g/mol. The van der Waals surface area contributed by atoms with Crippen LogP contribution in [-0.4, -0.2) is 17.0 Å². The van der Waals surface area contributed by atoms with Crippen LogP contribution in [0.15, 0.2) is 12.2 Å². The highest BCUT2D eigenvalue weighted by atomic mass is 16.3. The van der Waals surface area contributed by atoms with Gasteiger partial charge < -0.3 is 9.90 Å². The first-order valence-corrected chi connectivity index (χ1v) is 5.93. The Morgan fingerprint density at radius 2 is 2.33 bits per heavy atom. The third kappa shape index (κ3) is 3.45. The van der Waals surface area contributed by atoms with Crippen LogP contribution in [-0.2, 0) is 4.79 Å². The molecule has 0 saturated heterocycles. The molecule has 2 atom stereocenters. The van der Waals surface area contributed by atoms with Gasteiger partial charge in [-0.2, -0.15) is 0 Å². The highest BCUT2D eigenvalue weighted by Gasteiger charge is 2.35. The van der Waals surface area contributed by atoms with Crippen molar-refractivity contribution in [2.75, 3.05) is 0 Å². The van der Waals surface area contributed by atoms with E-state index in [2.05, 4.69) is 13.8 Å². The fourth-order valence-corrected chi connectivity index (χ4v) is 2.20. The predicted octanol–water partition coefficient (Wildman–Crippen LogP) is 2.71. The van der Waals surface area contributed by atoms with Gasteiger partial charge in [0.1, 0.15) is 6.29 Å². The third-order valence-electron chi connectivity index (χ3n) is 3.25. The molecule has 0 aromatic carbocycles. The second-order valence-corrected chi connectivity index (χ2v) is 5.02. The largest absolute Gasteiger partial charge is 0.389 e. The lowest BCUT2D eigenvalue weighted by atomic mass is 9.77. The maximum absolute atomic E-state index is 10.9. The molecule has 2 unspecified atom stereocenters. The zero-order valence-electron chi connectivity index (χ0n) is 9.78. The van der Waals surface area contributed by atoms with E-state index in [4.69, 9.17) is 0 Å². The zero-order chi connectivity index (χ0) is 11.3. The van der Waals surface area contributed by atoms with Crippen molar-refractivity contribution in [2.24, 2.45) is 11.8 Å². The third-order valence-corrected chi connectivity index (χ3v) is 3.25. The first-order valence-electron chi connectivity index (χ1n) is 5.93. The normalized spacial score (nSPS) is 30.8. The summed E-state index contributed by atoms with van der Waals surface area (Å²) in [7, 11) is 0. The molecule has 1 rings (SSSR count). The van der Waals surface area contributed by atoms with Crippen LogP contribution in [0.1, 0.15) is 46.0 Å². The number of aliphatic hydroxyl groups is 1. The molecule has 0 aromatic rings. The Morgan fingerprint density at radius 1 is 1.60 bits per heavy atom. The van der Waals surface area contributed by atoms with Gasteiger partial charge >= 0.3 is 0 Å². The van der Waals surface area contributed by atoms with Crippen LogP contribution >= 0.6 is 0 Å². The number of carbonyl (C=O) groups excluding carboxylic acids is 1. The topological polar surface area (TPSA) is 37.3 Å². The van der Waals surface area contributed by atoms with Crippen molar-refractivity contribution in [2.45, 2.75) is 51.6 Å². The van der Waals surface area contributed by atoms with E-state index in [1.807, 2.05) is 12.2 Å². The lowest BCUT2D eigenvalue weighted by molar-refractivity contribution is -0.118. The summed E-state index contributed by atoms with van der Waals surface area (Å²) in [6, 6.07) is 0. The summed E-state index contributed by atoms with van der Waals surface area (Å²) < 4.78 is 0. The maximum Gasteiger partial charge on any atom is 0.129 e. The minimum atomic E-state index is -0.772. The number of rotatable bonds is 5. The number of hydrogen-bond donors (Lipinski definition) is 1. The van der Waals surface area contributed by atoms with Crippen LogP contribution < -0.4 is 0 Å². The molecule has 0 aliphatic heterocycles. The molecule has 1 N–H and O–H groups in total. The summed E-state index contributed by atoms with van der Waals surface area (Å²) in [6.07, 6.45) is 9.23. The molecular weight excluding hydrogens is 188 g/mol. The molecule has 1 aliphatic carbocycles. The summed E-state index contributed by atoms with van der Waals surface area (Å²) in [6.45, 7) is 4.37. The Labute approximate surface area is 92.4 Å². The second kappa shape index (κ2) is 5.45. The SMILES string of the molecule is CC(C)CCCC1(O)CCC=CC1C=O. The van der Waals surface area contributed by atoms with Crippen LogP contribution in [0.5, 0.6) is 0 Å². The molecule has 0 heterocycles. The number of carbonyl (C=O) groups is 1. The molecule has 0 saturated carbocycles. The van der Waals surface area contributed by atoms with Gasteiger partial charge in [0.2, 0.25) is 0 Å². The molecule has 2 heteroatoms. The summed E-state index contributed by atoms with van der Waals surface area (Å²) >= 11 is 0. The predicted molar refractivity (Wildman–Crippen MR) is 61.6 cm³/mol. The lowest BCUT2D eigenvalue weighted by Gasteiger charge is -2.34. The Bertz CT molecular complexity index is 233. The van der Waals surface area contributed by atoms with E-state index in [-0.39, 0.29) is 5.92 Å². The second-order valence-electron chi connectivity index (χ2n) is 5.02. The molecule has 0 spiro atoms. The minimum absolute atomic E-state index is 0.293. The van der Waals surface area contributed by atoms with Gasteiger partial charge in [-0.15, -0.1) is 0 Å². The van der Waals surface area contributed by atoms with Crippen molar-refractivity contribution in [3.63, 3.8) is 0 Å². The Hall–Kier alpha value is -0.630. The van der Waals surface area contributed by atoms with Crippen molar-refractivity contribution in [1.29, 1.82) is 0 Å². The van der Waals surface area contributed by atoms with Crippen molar-refractivity contribution in [3.8, 4) is 0 Å². The Morgan fingerprint density at radius 3 is 2.93 bits per heavy atom. The van der Waals surface area contributed by atoms with Gasteiger partial charge in [-0.25, -0.2) is 0 Å². The van der Waals surface area contributed by atoms with E-state index < -0.39 is 5.60 Å². The van der Waals surface area contributed by atoms with Gasteiger partial charge in [0.25, 0.3) is 0 Å². The van der Waals surface area contributed by atoms with E-state index in [0.717, 1.165) is 38.4 Å². The van der Waals surface area contributed by atoms with Gasteiger partial charge in [-0.3, -0.25) is 0 Å². The van der Waals surface area contributed by atoms with Crippen LogP contribution in [0.2, 0.25) is 0 Å². The van der Waals surface area contributed by atoms with Crippen molar-refractivity contribution >= 4 is 6.29 Å². The van der Waals surface area contributed by atoms with Gasteiger partial charge in [0.05, 0.1) is 11.5 Å². The van der Waals surface area contributed by atoms with Gasteiger partial charge in [0.15, 0.2) is 0 Å². The van der Waals surface area contributed by atoms with Gasteiger partial charge in [-0.1, -0.05) is 38.8 Å². The fourth-order valence-electron chi connectivity index (χ4n) is 2.20. The molecule has 0 radical (unpaired) electrons. The average Bonchev–Trinajstić information content (AvgIpc) is 2.17. The van der Waals surface area contributed by atoms with Crippen molar-refractivity contribution < 1.29 is 9.90 Å². The van der Waals surface area contributed by atoms with E-state index in [1.165, 1.54) is 0 Å². The first kappa shape index (κ1) is 12.4. The molecule has 2 nitrogen and oxygen atoms in total. The van der Waals surface area contributed by atoms with Crippen LogP contribution in [0.4, 0.5) is 0 Å². The first-order chi connectivity index (χ1) is 7.08. The minimum Gasteiger partial charge on any atom is -0.389 e. The molecule has 0 aromatic heterocycles. The molecule has 0 amide bonds. The highest BCUT2D eigenvalue weighted by molar-refractivity contribution is 5.59. The number of allylic oxidation sites excluding steroid dienone is 1. The molecule has 1 aliphatic rings. The van der Waals surface area contributed by atoms with E-state index in [1.54, 1.807) is 0 Å². The zero-order valence-corrected chi connectivity index (χ0v) is 9.78. The van der Waals surface area contributed by atoms with Crippen LogP contribution in [0, 0.1) is 11.8 Å².